The summed E-state index contributed by atoms with van der Waals surface area (Å²) >= 11 is 0. The van der Waals surface area contributed by atoms with Crippen molar-refractivity contribution in [2.24, 2.45) is 0 Å². The maximum absolute atomic E-state index is 13.9. The van der Waals surface area contributed by atoms with E-state index in [1.165, 1.54) is 36.4 Å². The number of fused-ring (bicyclic) bond motifs is 1. The van der Waals surface area contributed by atoms with Gasteiger partial charge in [0.05, 0.1) is 19.1 Å². The highest BCUT2D eigenvalue weighted by molar-refractivity contribution is 6.04. The Morgan fingerprint density at radius 3 is 2.14 bits per heavy atom. The van der Waals surface area contributed by atoms with Crippen LogP contribution in [-0.2, 0) is 11.3 Å². The summed E-state index contributed by atoms with van der Waals surface area (Å²) in [5, 5.41) is 2.89. The zero-order valence-electron chi connectivity index (χ0n) is 20.0. The second kappa shape index (κ2) is 10.2. The van der Waals surface area contributed by atoms with E-state index in [2.05, 4.69) is 5.32 Å². The lowest BCUT2D eigenvalue weighted by Crippen LogP contribution is -2.45. The van der Waals surface area contributed by atoms with Gasteiger partial charge in [0.25, 0.3) is 5.91 Å². The maximum Gasteiger partial charge on any atom is 0.255 e. The Bertz CT molecular complexity index is 1420. The normalized spacial score (nSPS) is 16.7. The van der Waals surface area contributed by atoms with Crippen molar-refractivity contribution in [3.05, 3.63) is 131 Å². The number of rotatable bonds is 6. The molecular weight excluding hydrogens is 474 g/mol. The van der Waals surface area contributed by atoms with Crippen molar-refractivity contribution in [2.75, 3.05) is 12.4 Å². The van der Waals surface area contributed by atoms with Gasteiger partial charge in [-0.1, -0.05) is 42.5 Å². The summed E-state index contributed by atoms with van der Waals surface area (Å²) in [5.41, 5.74) is 2.94. The highest BCUT2D eigenvalue weighted by atomic mass is 19.1. The van der Waals surface area contributed by atoms with Gasteiger partial charge in [0.1, 0.15) is 17.4 Å². The molecule has 5 rings (SSSR count). The van der Waals surface area contributed by atoms with Crippen molar-refractivity contribution in [1.29, 1.82) is 0 Å². The summed E-state index contributed by atoms with van der Waals surface area (Å²) in [6.07, 6.45) is 0. The van der Waals surface area contributed by atoms with E-state index < -0.39 is 17.8 Å². The van der Waals surface area contributed by atoms with Crippen molar-refractivity contribution in [3.8, 4) is 5.75 Å². The van der Waals surface area contributed by atoms with E-state index in [1.807, 2.05) is 12.1 Å². The summed E-state index contributed by atoms with van der Waals surface area (Å²) in [5.74, 6) is -1.48. The number of methoxy groups -OCH3 is 1. The Morgan fingerprint density at radius 1 is 0.865 bits per heavy atom. The first kappa shape index (κ1) is 24.2. The Labute approximate surface area is 213 Å². The third-order valence-corrected chi connectivity index (χ3v) is 6.56. The van der Waals surface area contributed by atoms with Crippen LogP contribution in [0, 0.1) is 11.6 Å². The van der Waals surface area contributed by atoms with Crippen molar-refractivity contribution < 1.29 is 23.1 Å². The van der Waals surface area contributed by atoms with Crippen LogP contribution in [0.2, 0.25) is 0 Å². The van der Waals surface area contributed by atoms with Crippen LogP contribution in [0.3, 0.4) is 0 Å². The monoisotopic (exact) mass is 498 g/mol. The lowest BCUT2D eigenvalue weighted by Gasteiger charge is -2.42. The average molecular weight is 499 g/mol. The molecule has 1 N–H and O–H groups in total. The lowest BCUT2D eigenvalue weighted by atomic mass is 9.79. The zero-order valence-corrected chi connectivity index (χ0v) is 20.0. The quantitative estimate of drug-likeness (QED) is 0.350. The zero-order chi connectivity index (χ0) is 25.9. The largest absolute Gasteiger partial charge is 0.497 e. The van der Waals surface area contributed by atoms with E-state index in [0.29, 0.717) is 22.6 Å². The molecule has 1 heterocycles. The number of nitrogens with zero attached hydrogens (tertiary/aromatic N) is 1. The number of amides is 2. The van der Waals surface area contributed by atoms with Gasteiger partial charge in [0.2, 0.25) is 5.91 Å². The molecule has 0 aromatic heterocycles. The topological polar surface area (TPSA) is 58.6 Å². The van der Waals surface area contributed by atoms with Gasteiger partial charge in [-0.3, -0.25) is 9.59 Å². The summed E-state index contributed by atoms with van der Waals surface area (Å²) in [6, 6.07) is 25.1. The molecule has 2 amide bonds. The molecule has 0 saturated carbocycles. The first-order valence-electron chi connectivity index (χ1n) is 11.8. The van der Waals surface area contributed by atoms with Crippen LogP contribution in [0.1, 0.15) is 39.0 Å². The molecule has 4 aromatic carbocycles. The molecule has 2 atom stereocenters. The van der Waals surface area contributed by atoms with Crippen LogP contribution in [-0.4, -0.2) is 23.8 Å². The standard InChI is InChI=1S/C30H24F2N2O3/c1-37-24-16-8-20(9-17-24)28-27(29(35)33-23-14-12-22(32)13-15-23)25-4-2-3-5-26(25)30(36)34(28)18-19-6-10-21(31)11-7-19/h2-17,27-28H,18H2,1H3,(H,33,35)/t27-,28+/m1/s1. The van der Waals surface area contributed by atoms with Crippen LogP contribution in [0.25, 0.3) is 0 Å². The number of hydrogen-bond donors (Lipinski definition) is 1. The Morgan fingerprint density at radius 2 is 1.49 bits per heavy atom. The second-order valence-electron chi connectivity index (χ2n) is 8.84. The first-order valence-corrected chi connectivity index (χ1v) is 11.8. The third-order valence-electron chi connectivity index (χ3n) is 6.56. The number of ether oxygens (including phenoxy) is 1. The number of carbonyl (C=O) groups is 2. The van der Waals surface area contributed by atoms with Crippen molar-refractivity contribution in [3.63, 3.8) is 0 Å². The van der Waals surface area contributed by atoms with E-state index in [4.69, 9.17) is 4.74 Å². The highest BCUT2D eigenvalue weighted by Crippen LogP contribution is 2.44. The van der Waals surface area contributed by atoms with E-state index in [-0.39, 0.29) is 24.2 Å². The second-order valence-corrected chi connectivity index (χ2v) is 8.84. The maximum atomic E-state index is 13.9. The van der Waals surface area contributed by atoms with E-state index in [0.717, 1.165) is 11.1 Å². The molecule has 7 heteroatoms. The predicted octanol–water partition coefficient (Wildman–Crippen LogP) is 6.09. The minimum Gasteiger partial charge on any atom is -0.497 e. The highest BCUT2D eigenvalue weighted by Gasteiger charge is 2.44. The Hall–Kier alpha value is -4.52. The fourth-order valence-electron chi connectivity index (χ4n) is 4.76. The third kappa shape index (κ3) is 4.93. The molecule has 37 heavy (non-hydrogen) atoms. The number of anilines is 1. The van der Waals surface area contributed by atoms with Crippen molar-refractivity contribution in [2.45, 2.75) is 18.5 Å². The lowest BCUT2D eigenvalue weighted by molar-refractivity contribution is -0.119. The Kier molecular flexibility index (Phi) is 6.68. The molecule has 0 bridgehead atoms. The van der Waals surface area contributed by atoms with Crippen molar-refractivity contribution in [1.82, 2.24) is 4.90 Å². The van der Waals surface area contributed by atoms with Gasteiger partial charge in [0, 0.05) is 17.8 Å². The van der Waals surface area contributed by atoms with Gasteiger partial charge in [-0.05, 0) is 71.3 Å². The van der Waals surface area contributed by atoms with Gasteiger partial charge >= 0.3 is 0 Å². The van der Waals surface area contributed by atoms with Crippen LogP contribution in [0.5, 0.6) is 5.75 Å². The molecule has 1 aliphatic heterocycles. The molecule has 5 nitrogen and oxygen atoms in total. The fourth-order valence-corrected chi connectivity index (χ4v) is 4.76. The fraction of sp³-hybridized carbons (Fsp3) is 0.133. The molecule has 0 unspecified atom stereocenters. The molecule has 0 aliphatic carbocycles. The van der Waals surface area contributed by atoms with E-state index >= 15 is 0 Å². The molecule has 0 saturated heterocycles. The molecule has 1 aliphatic rings. The van der Waals surface area contributed by atoms with E-state index in [9.17, 15) is 18.4 Å². The molecule has 186 valence electrons. The van der Waals surface area contributed by atoms with E-state index in [1.54, 1.807) is 60.5 Å². The number of hydrogen-bond acceptors (Lipinski definition) is 3. The summed E-state index contributed by atoms with van der Waals surface area (Å²) < 4.78 is 32.3. The number of carbonyl (C=O) groups excluding carboxylic acids is 2. The van der Waals surface area contributed by atoms with Gasteiger partial charge < -0.3 is 15.0 Å². The van der Waals surface area contributed by atoms with Crippen LogP contribution in [0.4, 0.5) is 14.5 Å². The average Bonchev–Trinajstić information content (AvgIpc) is 2.92. The summed E-state index contributed by atoms with van der Waals surface area (Å²) in [7, 11) is 1.56. The first-order chi connectivity index (χ1) is 17.9. The smallest absolute Gasteiger partial charge is 0.255 e. The van der Waals surface area contributed by atoms with Gasteiger partial charge in [-0.25, -0.2) is 8.78 Å². The van der Waals surface area contributed by atoms with Crippen molar-refractivity contribution >= 4 is 17.5 Å². The molecule has 4 aromatic rings. The van der Waals surface area contributed by atoms with Gasteiger partial charge in [-0.15, -0.1) is 0 Å². The molecular formula is C30H24F2N2O3. The summed E-state index contributed by atoms with van der Waals surface area (Å²) in [4.78, 5) is 29.3. The molecule has 0 fully saturated rings. The SMILES string of the molecule is COc1ccc([C@H]2[C@H](C(=O)Nc3ccc(F)cc3)c3ccccc3C(=O)N2Cc2ccc(F)cc2)cc1. The van der Waals surface area contributed by atoms with Crippen LogP contribution >= 0.6 is 0 Å². The summed E-state index contributed by atoms with van der Waals surface area (Å²) in [6.45, 7) is 0.171. The van der Waals surface area contributed by atoms with Crippen LogP contribution in [0.15, 0.2) is 97.1 Å². The Balaban J connectivity index is 1.62. The predicted molar refractivity (Wildman–Crippen MR) is 136 cm³/mol. The molecule has 0 radical (unpaired) electrons. The minimum atomic E-state index is -0.771. The molecule has 0 spiro atoms. The van der Waals surface area contributed by atoms with Crippen LogP contribution < -0.4 is 10.1 Å². The number of nitrogens with one attached hydrogen (secondary N) is 1. The number of benzene rings is 4. The number of halogens is 2. The van der Waals surface area contributed by atoms with Gasteiger partial charge in [-0.2, -0.15) is 0 Å². The minimum absolute atomic E-state index is 0.171. The van der Waals surface area contributed by atoms with Gasteiger partial charge in [0.15, 0.2) is 0 Å².